The lowest BCUT2D eigenvalue weighted by molar-refractivity contribution is -0.139. The Kier molecular flexibility index (Phi) is 5.18. The summed E-state index contributed by atoms with van der Waals surface area (Å²) in [7, 11) is 0. The third-order valence-corrected chi connectivity index (χ3v) is 4.17. The molecule has 1 saturated carbocycles. The van der Waals surface area contributed by atoms with Crippen molar-refractivity contribution < 1.29 is 4.79 Å². The monoisotopic (exact) mass is 274 g/mol. The number of hydrogen-bond donors (Lipinski definition) is 1. The highest BCUT2D eigenvalue weighted by atomic mass is 16.2. The number of amides is 1. The van der Waals surface area contributed by atoms with Crippen molar-refractivity contribution in [2.45, 2.75) is 57.5 Å². The highest BCUT2D eigenvalue weighted by molar-refractivity contribution is 5.86. The maximum atomic E-state index is 12.8. The van der Waals surface area contributed by atoms with Crippen LogP contribution in [0.5, 0.6) is 0 Å². The van der Waals surface area contributed by atoms with Gasteiger partial charge < -0.3 is 10.6 Å². The summed E-state index contributed by atoms with van der Waals surface area (Å²) >= 11 is 0. The number of benzene rings is 1. The fourth-order valence-corrected chi connectivity index (χ4v) is 3.04. The van der Waals surface area contributed by atoms with E-state index < -0.39 is 5.54 Å². The van der Waals surface area contributed by atoms with Gasteiger partial charge in [0.2, 0.25) is 5.91 Å². The second-order valence-electron chi connectivity index (χ2n) is 5.93. The van der Waals surface area contributed by atoms with Crippen molar-refractivity contribution in [2.24, 2.45) is 5.73 Å². The van der Waals surface area contributed by atoms with Crippen molar-refractivity contribution >= 4 is 5.91 Å². The quantitative estimate of drug-likeness (QED) is 0.897. The minimum absolute atomic E-state index is 0.142. The van der Waals surface area contributed by atoms with Gasteiger partial charge in [-0.3, -0.25) is 4.79 Å². The van der Waals surface area contributed by atoms with Gasteiger partial charge >= 0.3 is 0 Å². The number of hydrogen-bond acceptors (Lipinski definition) is 2. The second-order valence-corrected chi connectivity index (χ2v) is 5.93. The lowest BCUT2D eigenvalue weighted by Gasteiger charge is -2.37. The molecule has 1 fully saturated rings. The highest BCUT2D eigenvalue weighted by Gasteiger charge is 2.38. The van der Waals surface area contributed by atoms with E-state index in [4.69, 9.17) is 5.73 Å². The minimum Gasteiger partial charge on any atom is -0.337 e. The van der Waals surface area contributed by atoms with Gasteiger partial charge in [0.25, 0.3) is 0 Å². The Labute approximate surface area is 122 Å². The first-order valence-electron chi connectivity index (χ1n) is 7.78. The van der Waals surface area contributed by atoms with E-state index in [-0.39, 0.29) is 5.91 Å². The molecule has 0 radical (unpaired) electrons. The molecule has 2 rings (SSSR count). The Bertz CT molecular complexity index is 424. The third kappa shape index (κ3) is 3.60. The minimum atomic E-state index is -0.623. The molecule has 20 heavy (non-hydrogen) atoms. The molecule has 1 aliphatic carbocycles. The van der Waals surface area contributed by atoms with Gasteiger partial charge in [0, 0.05) is 13.1 Å². The number of carbonyl (C=O) groups is 1. The van der Waals surface area contributed by atoms with Gasteiger partial charge in [-0.25, -0.2) is 0 Å². The van der Waals surface area contributed by atoms with Gasteiger partial charge in [0.15, 0.2) is 0 Å². The normalized spacial score (nSPS) is 17.7. The van der Waals surface area contributed by atoms with E-state index in [1.54, 1.807) is 0 Å². The Hall–Kier alpha value is -1.35. The zero-order chi connectivity index (χ0) is 14.4. The van der Waals surface area contributed by atoms with Crippen LogP contribution < -0.4 is 5.73 Å². The fourth-order valence-electron chi connectivity index (χ4n) is 3.04. The first-order chi connectivity index (χ1) is 9.65. The van der Waals surface area contributed by atoms with E-state index in [0.717, 1.165) is 38.6 Å². The summed E-state index contributed by atoms with van der Waals surface area (Å²) in [5.74, 6) is 0.142. The van der Waals surface area contributed by atoms with Crippen LogP contribution in [0.2, 0.25) is 0 Å². The second kappa shape index (κ2) is 6.89. The predicted octanol–water partition coefficient (Wildman–Crippen LogP) is 3.09. The number of carbonyl (C=O) groups excluding carboxylic acids is 1. The van der Waals surface area contributed by atoms with Crippen LogP contribution in [0.25, 0.3) is 0 Å². The Morgan fingerprint density at radius 2 is 1.85 bits per heavy atom. The maximum Gasteiger partial charge on any atom is 0.242 e. The van der Waals surface area contributed by atoms with Crippen LogP contribution in [0.15, 0.2) is 30.3 Å². The summed E-state index contributed by atoms with van der Waals surface area (Å²) in [6.45, 7) is 3.56. The Morgan fingerprint density at radius 3 is 2.45 bits per heavy atom. The zero-order valence-corrected chi connectivity index (χ0v) is 12.5. The summed E-state index contributed by atoms with van der Waals surface area (Å²) in [5.41, 5.74) is 6.95. The van der Waals surface area contributed by atoms with Crippen molar-refractivity contribution in [1.29, 1.82) is 0 Å². The van der Waals surface area contributed by atoms with Crippen molar-refractivity contribution in [1.82, 2.24) is 4.90 Å². The molecular weight excluding hydrogens is 248 g/mol. The van der Waals surface area contributed by atoms with Crippen molar-refractivity contribution in [2.75, 3.05) is 6.54 Å². The molecule has 0 aromatic heterocycles. The molecule has 3 nitrogen and oxygen atoms in total. The van der Waals surface area contributed by atoms with Gasteiger partial charge in [-0.2, -0.15) is 0 Å². The van der Waals surface area contributed by atoms with E-state index >= 15 is 0 Å². The molecule has 1 aromatic rings. The topological polar surface area (TPSA) is 46.3 Å². The van der Waals surface area contributed by atoms with Gasteiger partial charge in [0.1, 0.15) is 0 Å². The summed E-state index contributed by atoms with van der Waals surface area (Å²) in [4.78, 5) is 14.8. The molecule has 3 heteroatoms. The third-order valence-electron chi connectivity index (χ3n) is 4.17. The maximum absolute atomic E-state index is 12.8. The van der Waals surface area contributed by atoms with E-state index in [0.29, 0.717) is 6.54 Å². The first kappa shape index (κ1) is 15.0. The molecule has 0 atom stereocenters. The highest BCUT2D eigenvalue weighted by Crippen LogP contribution is 2.28. The first-order valence-corrected chi connectivity index (χ1v) is 7.78. The van der Waals surface area contributed by atoms with Gasteiger partial charge in [0.05, 0.1) is 5.54 Å². The SMILES string of the molecule is CCCN(Cc1ccccc1)C(=O)C1(N)CCCCC1. The Balaban J connectivity index is 2.09. The lowest BCUT2D eigenvalue weighted by Crippen LogP contribution is -2.56. The van der Waals surface area contributed by atoms with Crippen LogP contribution in [0.3, 0.4) is 0 Å². The molecule has 1 aromatic carbocycles. The molecule has 0 unspecified atom stereocenters. The van der Waals surface area contributed by atoms with E-state index in [1.165, 1.54) is 12.0 Å². The van der Waals surface area contributed by atoms with E-state index in [9.17, 15) is 4.79 Å². The largest absolute Gasteiger partial charge is 0.337 e. The van der Waals surface area contributed by atoms with Gasteiger partial charge in [-0.1, -0.05) is 56.5 Å². The zero-order valence-electron chi connectivity index (χ0n) is 12.5. The van der Waals surface area contributed by atoms with Crippen LogP contribution in [-0.2, 0) is 11.3 Å². The number of nitrogens with two attached hydrogens (primary N) is 1. The van der Waals surface area contributed by atoms with Crippen LogP contribution in [0.1, 0.15) is 51.0 Å². The average molecular weight is 274 g/mol. The van der Waals surface area contributed by atoms with Crippen molar-refractivity contribution in [3.63, 3.8) is 0 Å². The molecule has 2 N–H and O–H groups in total. The molecule has 0 spiro atoms. The predicted molar refractivity (Wildman–Crippen MR) is 82.2 cm³/mol. The molecule has 1 amide bonds. The molecule has 0 heterocycles. The Morgan fingerprint density at radius 1 is 1.20 bits per heavy atom. The van der Waals surface area contributed by atoms with Gasteiger partial charge in [-0.15, -0.1) is 0 Å². The van der Waals surface area contributed by atoms with Crippen LogP contribution in [0.4, 0.5) is 0 Å². The molecule has 0 aliphatic heterocycles. The molecule has 0 saturated heterocycles. The van der Waals surface area contributed by atoms with Crippen molar-refractivity contribution in [3.8, 4) is 0 Å². The van der Waals surface area contributed by atoms with E-state index in [2.05, 4.69) is 19.1 Å². The smallest absolute Gasteiger partial charge is 0.242 e. The average Bonchev–Trinajstić information content (AvgIpc) is 2.48. The number of nitrogens with zero attached hydrogens (tertiary/aromatic N) is 1. The van der Waals surface area contributed by atoms with Gasteiger partial charge in [-0.05, 0) is 24.8 Å². The standard InChI is InChI=1S/C17H26N2O/c1-2-13-19(14-15-9-5-3-6-10-15)16(20)17(18)11-7-4-8-12-17/h3,5-6,9-10H,2,4,7-8,11-14,18H2,1H3. The molecule has 1 aliphatic rings. The van der Waals surface area contributed by atoms with Crippen LogP contribution >= 0.6 is 0 Å². The lowest BCUT2D eigenvalue weighted by atomic mass is 9.81. The summed E-state index contributed by atoms with van der Waals surface area (Å²) in [6, 6.07) is 10.2. The van der Waals surface area contributed by atoms with Crippen LogP contribution in [-0.4, -0.2) is 22.9 Å². The summed E-state index contributed by atoms with van der Waals surface area (Å²) in [6.07, 6.45) is 6.00. The summed E-state index contributed by atoms with van der Waals surface area (Å²) < 4.78 is 0. The molecular formula is C17H26N2O. The number of rotatable bonds is 5. The summed E-state index contributed by atoms with van der Waals surface area (Å²) in [5, 5.41) is 0. The van der Waals surface area contributed by atoms with E-state index in [1.807, 2.05) is 23.1 Å². The van der Waals surface area contributed by atoms with Crippen molar-refractivity contribution in [3.05, 3.63) is 35.9 Å². The molecule has 110 valence electrons. The fraction of sp³-hybridized carbons (Fsp3) is 0.588. The molecule has 0 bridgehead atoms. The van der Waals surface area contributed by atoms with Crippen LogP contribution in [0, 0.1) is 0 Å².